The molecule has 3 rings (SSSR count). The van der Waals surface area contributed by atoms with E-state index in [2.05, 4.69) is 33.6 Å². The van der Waals surface area contributed by atoms with E-state index < -0.39 is 0 Å². The van der Waals surface area contributed by atoms with Crippen LogP contribution in [0.15, 0.2) is 24.3 Å². The van der Waals surface area contributed by atoms with E-state index in [0.29, 0.717) is 6.04 Å². The maximum Gasteiger partial charge on any atom is 0.125 e. The van der Waals surface area contributed by atoms with Crippen LogP contribution in [0.4, 0.5) is 10.1 Å². The standard InChI is InChI=1S/C17H23FN4/c1-12-10-22(16-6-4-5-15(18)9-16)8-7-21(12)11-17-19-13(2)14(3)20-17/h4-6,9,12H,7-8,10-11H2,1-3H3,(H,19,20). The summed E-state index contributed by atoms with van der Waals surface area (Å²) >= 11 is 0. The molecule has 0 aliphatic carbocycles. The molecule has 1 saturated heterocycles. The van der Waals surface area contributed by atoms with E-state index in [9.17, 15) is 4.39 Å². The number of rotatable bonds is 3. The van der Waals surface area contributed by atoms with Crippen LogP contribution in [-0.4, -0.2) is 40.5 Å². The van der Waals surface area contributed by atoms with Crippen molar-refractivity contribution in [3.05, 3.63) is 47.3 Å². The second-order valence-electron chi connectivity index (χ2n) is 6.14. The maximum atomic E-state index is 13.4. The fraction of sp³-hybridized carbons (Fsp3) is 0.471. The molecule has 2 aromatic rings. The first-order chi connectivity index (χ1) is 10.5. The molecule has 1 unspecified atom stereocenters. The van der Waals surface area contributed by atoms with Gasteiger partial charge in [-0.25, -0.2) is 9.37 Å². The summed E-state index contributed by atoms with van der Waals surface area (Å²) in [5.74, 6) is 0.857. The zero-order valence-electron chi connectivity index (χ0n) is 13.4. The summed E-state index contributed by atoms with van der Waals surface area (Å²) in [4.78, 5) is 12.6. The van der Waals surface area contributed by atoms with E-state index in [1.54, 1.807) is 12.1 Å². The van der Waals surface area contributed by atoms with Gasteiger partial charge in [0.1, 0.15) is 11.6 Å². The van der Waals surface area contributed by atoms with Crippen molar-refractivity contribution in [1.82, 2.24) is 14.9 Å². The lowest BCUT2D eigenvalue weighted by Gasteiger charge is -2.40. The predicted octanol–water partition coefficient (Wildman–Crippen LogP) is 2.88. The summed E-state index contributed by atoms with van der Waals surface area (Å²) in [6, 6.07) is 7.26. The van der Waals surface area contributed by atoms with Crippen LogP contribution < -0.4 is 4.90 Å². The molecule has 1 fully saturated rings. The van der Waals surface area contributed by atoms with Crippen molar-refractivity contribution in [3.63, 3.8) is 0 Å². The average Bonchev–Trinajstić information content (AvgIpc) is 2.79. The van der Waals surface area contributed by atoms with Crippen molar-refractivity contribution in [2.24, 2.45) is 0 Å². The molecule has 2 heterocycles. The van der Waals surface area contributed by atoms with Crippen molar-refractivity contribution in [2.75, 3.05) is 24.5 Å². The Morgan fingerprint density at radius 3 is 2.77 bits per heavy atom. The highest BCUT2D eigenvalue weighted by atomic mass is 19.1. The Hall–Kier alpha value is -1.88. The zero-order valence-corrected chi connectivity index (χ0v) is 13.4. The number of aromatic amines is 1. The Kier molecular flexibility index (Phi) is 4.16. The Labute approximate surface area is 131 Å². The molecule has 1 aromatic carbocycles. The smallest absolute Gasteiger partial charge is 0.125 e. The lowest BCUT2D eigenvalue weighted by molar-refractivity contribution is 0.177. The molecule has 0 spiro atoms. The number of aromatic nitrogens is 2. The van der Waals surface area contributed by atoms with Gasteiger partial charge in [-0.1, -0.05) is 6.07 Å². The summed E-state index contributed by atoms with van der Waals surface area (Å²) in [7, 11) is 0. The highest BCUT2D eigenvalue weighted by Crippen LogP contribution is 2.21. The van der Waals surface area contributed by atoms with E-state index in [4.69, 9.17) is 0 Å². The van der Waals surface area contributed by atoms with Crippen LogP contribution in [0.25, 0.3) is 0 Å². The quantitative estimate of drug-likeness (QED) is 0.947. The third kappa shape index (κ3) is 3.14. The largest absolute Gasteiger partial charge is 0.369 e. The minimum absolute atomic E-state index is 0.172. The third-order valence-electron chi connectivity index (χ3n) is 4.47. The molecule has 5 heteroatoms. The molecule has 0 bridgehead atoms. The van der Waals surface area contributed by atoms with E-state index in [-0.39, 0.29) is 5.82 Å². The Morgan fingerprint density at radius 1 is 1.32 bits per heavy atom. The van der Waals surface area contributed by atoms with Crippen LogP contribution in [0.5, 0.6) is 0 Å². The molecule has 1 aliphatic rings. The number of H-pyrrole nitrogens is 1. The van der Waals surface area contributed by atoms with Gasteiger partial charge in [-0.2, -0.15) is 0 Å². The maximum absolute atomic E-state index is 13.4. The molecule has 1 aromatic heterocycles. The number of aryl methyl sites for hydroxylation is 2. The van der Waals surface area contributed by atoms with Crippen molar-refractivity contribution in [2.45, 2.75) is 33.4 Å². The van der Waals surface area contributed by atoms with Crippen LogP contribution >= 0.6 is 0 Å². The van der Waals surface area contributed by atoms with Crippen LogP contribution in [0.2, 0.25) is 0 Å². The highest BCUT2D eigenvalue weighted by Gasteiger charge is 2.24. The van der Waals surface area contributed by atoms with E-state index in [0.717, 1.165) is 49.1 Å². The lowest BCUT2D eigenvalue weighted by Crippen LogP contribution is -2.51. The topological polar surface area (TPSA) is 35.2 Å². The first kappa shape index (κ1) is 15.0. The first-order valence-corrected chi connectivity index (χ1v) is 7.79. The molecule has 118 valence electrons. The van der Waals surface area contributed by atoms with Gasteiger partial charge in [-0.05, 0) is 39.0 Å². The SMILES string of the molecule is Cc1nc(CN2CCN(c3cccc(F)c3)CC2C)[nH]c1C. The number of nitrogens with zero attached hydrogens (tertiary/aromatic N) is 3. The summed E-state index contributed by atoms with van der Waals surface area (Å²) in [6.07, 6.45) is 0. The number of piperazine rings is 1. The van der Waals surface area contributed by atoms with Crippen molar-refractivity contribution >= 4 is 5.69 Å². The van der Waals surface area contributed by atoms with Gasteiger partial charge >= 0.3 is 0 Å². The monoisotopic (exact) mass is 302 g/mol. The van der Waals surface area contributed by atoms with Gasteiger partial charge in [0, 0.05) is 37.1 Å². The molecule has 0 amide bonds. The summed E-state index contributed by atoms with van der Waals surface area (Å²) in [5.41, 5.74) is 3.18. The minimum atomic E-state index is -0.172. The van der Waals surface area contributed by atoms with E-state index in [1.165, 1.54) is 6.07 Å². The molecule has 1 atom stereocenters. The molecule has 0 saturated carbocycles. The molecule has 1 N–H and O–H groups in total. The van der Waals surface area contributed by atoms with Gasteiger partial charge in [0.15, 0.2) is 0 Å². The van der Waals surface area contributed by atoms with Crippen LogP contribution in [0.3, 0.4) is 0 Å². The average molecular weight is 302 g/mol. The van der Waals surface area contributed by atoms with Gasteiger partial charge in [-0.15, -0.1) is 0 Å². The molecule has 0 radical (unpaired) electrons. The summed E-state index contributed by atoms with van der Waals surface area (Å²) in [5, 5.41) is 0. The molecule has 4 nitrogen and oxygen atoms in total. The number of benzene rings is 1. The number of hydrogen-bond donors (Lipinski definition) is 1. The fourth-order valence-electron chi connectivity index (χ4n) is 3.03. The number of anilines is 1. The first-order valence-electron chi connectivity index (χ1n) is 7.79. The molecular weight excluding hydrogens is 279 g/mol. The van der Waals surface area contributed by atoms with Crippen LogP contribution in [0.1, 0.15) is 24.1 Å². The van der Waals surface area contributed by atoms with Gasteiger partial charge in [0.25, 0.3) is 0 Å². The summed E-state index contributed by atoms with van der Waals surface area (Å²) in [6.45, 7) is 9.91. The Balaban J connectivity index is 1.65. The molecule has 1 aliphatic heterocycles. The Morgan fingerprint density at radius 2 is 2.14 bits per heavy atom. The van der Waals surface area contributed by atoms with Crippen molar-refractivity contribution in [3.8, 4) is 0 Å². The minimum Gasteiger partial charge on any atom is -0.369 e. The summed E-state index contributed by atoms with van der Waals surface area (Å²) < 4.78 is 13.4. The normalized spacial score (nSPS) is 19.6. The van der Waals surface area contributed by atoms with Gasteiger partial charge in [0.2, 0.25) is 0 Å². The van der Waals surface area contributed by atoms with Crippen LogP contribution in [0, 0.1) is 19.7 Å². The Bertz CT molecular complexity index is 632. The predicted molar refractivity (Wildman–Crippen MR) is 86.5 cm³/mol. The number of halogens is 1. The highest BCUT2D eigenvalue weighted by molar-refractivity contribution is 5.47. The molecular formula is C17H23FN4. The van der Waals surface area contributed by atoms with Crippen molar-refractivity contribution in [1.29, 1.82) is 0 Å². The number of imidazole rings is 1. The second-order valence-corrected chi connectivity index (χ2v) is 6.14. The number of nitrogens with one attached hydrogen (secondary N) is 1. The van der Waals surface area contributed by atoms with Crippen molar-refractivity contribution < 1.29 is 4.39 Å². The zero-order chi connectivity index (χ0) is 15.7. The van der Waals surface area contributed by atoms with E-state index >= 15 is 0 Å². The second kappa shape index (κ2) is 6.08. The van der Waals surface area contributed by atoms with Gasteiger partial charge in [-0.3, -0.25) is 4.90 Å². The third-order valence-corrected chi connectivity index (χ3v) is 4.47. The van der Waals surface area contributed by atoms with Gasteiger partial charge in [0.05, 0.1) is 12.2 Å². The molecule has 22 heavy (non-hydrogen) atoms. The lowest BCUT2D eigenvalue weighted by atomic mass is 10.1. The van der Waals surface area contributed by atoms with Gasteiger partial charge < -0.3 is 9.88 Å². The van der Waals surface area contributed by atoms with E-state index in [1.807, 2.05) is 13.0 Å². The number of hydrogen-bond acceptors (Lipinski definition) is 3. The van der Waals surface area contributed by atoms with Crippen LogP contribution in [-0.2, 0) is 6.54 Å². The fourth-order valence-corrected chi connectivity index (χ4v) is 3.03.